The lowest BCUT2D eigenvalue weighted by atomic mass is 9.64. The third-order valence-electron chi connectivity index (χ3n) is 20.5. The van der Waals surface area contributed by atoms with E-state index in [-0.39, 0.29) is 123 Å². The minimum atomic E-state index is -1.41. The van der Waals surface area contributed by atoms with Gasteiger partial charge in [-0.25, -0.2) is 33.7 Å². The summed E-state index contributed by atoms with van der Waals surface area (Å²) in [6, 6.07) is 19.2. The van der Waals surface area contributed by atoms with Crippen LogP contribution in [0.1, 0.15) is 112 Å². The number of nitrogens with one attached hydrogen (secondary N) is 3. The summed E-state index contributed by atoms with van der Waals surface area (Å²) < 4.78 is 35.2. The molecular weight excluding hydrogens is 1630 g/mol. The second-order valence-corrected chi connectivity index (χ2v) is 32.3. The van der Waals surface area contributed by atoms with E-state index in [0.717, 1.165) is 87.7 Å². The van der Waals surface area contributed by atoms with Gasteiger partial charge in [0.25, 0.3) is 0 Å². The Balaban J connectivity index is 0.000000177. The number of anilines is 2. The number of hydrogen-bond donors (Lipinski definition) is 9. The first-order valence-corrected chi connectivity index (χ1v) is 41.0. The zero-order chi connectivity index (χ0) is 85.6. The van der Waals surface area contributed by atoms with Crippen LogP contribution >= 0.6 is 45.6 Å². The summed E-state index contributed by atoms with van der Waals surface area (Å²) in [6.07, 6.45) is 1.10. The number of carbonyl (C=O) groups excluding carboxylic acids is 13. The summed E-state index contributed by atoms with van der Waals surface area (Å²) in [6.45, 7) is 7.29. The van der Waals surface area contributed by atoms with Crippen molar-refractivity contribution in [3.8, 4) is 17.2 Å². The normalized spacial score (nSPS) is 17.8. The minimum absolute atomic E-state index is 0.0141. The van der Waals surface area contributed by atoms with Crippen LogP contribution in [0.15, 0.2) is 95.7 Å². The van der Waals surface area contributed by atoms with E-state index in [2.05, 4.69) is 30.9 Å². The molecule has 626 valence electrons. The number of nitrogen functional groups attached to an aromatic ring is 2. The van der Waals surface area contributed by atoms with Crippen LogP contribution in [0.5, 0.6) is 17.2 Å². The van der Waals surface area contributed by atoms with Crippen LogP contribution < -0.4 is 47.1 Å². The van der Waals surface area contributed by atoms with Crippen molar-refractivity contribution >= 4 is 154 Å². The third-order valence-corrected chi connectivity index (χ3v) is 23.1. The molecular formula is C76H86B3ClFN15O20S3. The first kappa shape index (κ1) is 88.5. The predicted molar refractivity (Wildman–Crippen MR) is 435 cm³/mol. The van der Waals surface area contributed by atoms with Gasteiger partial charge >= 0.3 is 80.9 Å². The van der Waals surface area contributed by atoms with Gasteiger partial charge in [0.05, 0.1) is 17.8 Å². The molecule has 3 aromatic heterocycles. The van der Waals surface area contributed by atoms with E-state index >= 15 is 0 Å². The van der Waals surface area contributed by atoms with Crippen molar-refractivity contribution in [3.05, 3.63) is 161 Å². The summed E-state index contributed by atoms with van der Waals surface area (Å²) >= 11 is 9.35. The molecule has 0 radical (unpaired) electrons. The summed E-state index contributed by atoms with van der Waals surface area (Å²) in [5.74, 6) is -7.83. The third kappa shape index (κ3) is 21.4. The van der Waals surface area contributed by atoms with Crippen LogP contribution in [0.3, 0.4) is 0 Å². The largest absolute Gasteiger partial charge is 0.536 e. The van der Waals surface area contributed by atoms with Gasteiger partial charge in [0.1, 0.15) is 63.7 Å². The number of nitrogens with two attached hydrogens (primary N) is 3. The van der Waals surface area contributed by atoms with E-state index in [1.807, 2.05) is 113 Å². The fourth-order valence-corrected chi connectivity index (χ4v) is 16.7. The number of imide groups is 3. The van der Waals surface area contributed by atoms with E-state index < -0.39 is 140 Å². The molecule has 6 atom stereocenters. The molecule has 3 saturated heterocycles. The van der Waals surface area contributed by atoms with E-state index in [4.69, 9.17) is 47.5 Å². The highest BCUT2D eigenvalue weighted by Gasteiger charge is 2.46. The quantitative estimate of drug-likeness (QED) is 0.0217. The molecule has 6 aliphatic heterocycles. The maximum Gasteiger partial charge on any atom is 0.526 e. The van der Waals surface area contributed by atoms with Crippen LogP contribution in [0, 0.1) is 20.8 Å². The van der Waals surface area contributed by atoms with Crippen molar-refractivity contribution in [3.63, 3.8) is 0 Å². The minimum Gasteiger partial charge on any atom is -0.536 e. The number of para-hydroxylation sites is 3. The highest BCUT2D eigenvalue weighted by atomic mass is 35.5. The molecule has 12 N–H and O–H groups in total. The maximum atomic E-state index is 13.8. The van der Waals surface area contributed by atoms with E-state index in [1.165, 1.54) is 15.2 Å². The first-order chi connectivity index (χ1) is 56.9. The van der Waals surface area contributed by atoms with E-state index in [1.54, 1.807) is 5.38 Å². The Morgan fingerprint density at radius 2 is 0.958 bits per heavy atom. The predicted octanol–water partition coefficient (Wildman–Crippen LogP) is 4.40. The topological polar surface area (TPSA) is 492 Å². The highest BCUT2D eigenvalue weighted by molar-refractivity contribution is 7.19. The van der Waals surface area contributed by atoms with E-state index in [9.17, 15) is 81.8 Å². The van der Waals surface area contributed by atoms with Gasteiger partial charge in [-0.3, -0.25) is 62.6 Å². The van der Waals surface area contributed by atoms with Crippen molar-refractivity contribution in [2.45, 2.75) is 121 Å². The number of nitrogens with zero attached hydrogens (tertiary/aromatic N) is 9. The van der Waals surface area contributed by atoms with Crippen LogP contribution in [-0.2, 0) is 85.0 Å². The van der Waals surface area contributed by atoms with Gasteiger partial charge in [-0.2, -0.15) is 0 Å². The Labute approximate surface area is 699 Å². The number of carbonyl (C=O) groups is 13. The Hall–Kier alpha value is -11.3. The zero-order valence-electron chi connectivity index (χ0n) is 65.1. The Kier molecular flexibility index (Phi) is 29.8. The van der Waals surface area contributed by atoms with Crippen LogP contribution in [-0.4, -0.2) is 230 Å². The van der Waals surface area contributed by atoms with Crippen molar-refractivity contribution in [2.24, 2.45) is 5.73 Å². The SMILES string of the molecule is CCCN1CCN(C(=O)NC(C(=O)C[C@H]2Cc3cccc(C)c3OB2O)c2csc(CC(=O)OCc3ccccc3)n2)C(=O)C1=O.Cc1cccc2c1OB(O)[C@@H](CC(=O)C(NC(=O)N1CCN(CCF)C(=O)C1=O)c1nc(N)sc1Cl)C2.Cc1cccc2c1OB(O)[C@@H](CC(=O)C(NC(=O)N1CCN(CCN)C(=O)C1=O)c1csc(N)n1)C2. The molecule has 0 bridgehead atoms. The number of aryl methyl sites for hydroxylation is 3. The Morgan fingerprint density at radius 3 is 1.36 bits per heavy atom. The van der Waals surface area contributed by atoms with E-state index in [0.29, 0.717) is 59.4 Å². The van der Waals surface area contributed by atoms with Gasteiger partial charge < -0.3 is 81.6 Å². The first-order valence-electron chi connectivity index (χ1n) is 38.1. The highest BCUT2D eigenvalue weighted by Crippen LogP contribution is 2.42. The van der Waals surface area contributed by atoms with Gasteiger partial charge in [-0.05, 0) is 85.4 Å². The molecule has 3 unspecified atom stereocenters. The molecule has 9 heterocycles. The number of esters is 1. The number of rotatable bonds is 25. The fraction of sp³-hybridized carbons (Fsp3) is 0.395. The lowest BCUT2D eigenvalue weighted by molar-refractivity contribution is -0.153. The van der Waals surface area contributed by atoms with Crippen LogP contribution in [0.2, 0.25) is 21.8 Å². The lowest BCUT2D eigenvalue weighted by Gasteiger charge is -2.33. The number of halogens is 2. The summed E-state index contributed by atoms with van der Waals surface area (Å²) in [7, 11) is -3.74. The number of piperazine rings is 3. The van der Waals surface area contributed by atoms with Crippen molar-refractivity contribution in [2.75, 3.05) is 83.6 Å². The van der Waals surface area contributed by atoms with Gasteiger partial charge in [-0.1, -0.05) is 115 Å². The Bertz CT molecular complexity index is 5020. The average molecular weight is 1710 g/mol. The molecule has 6 aliphatic rings. The lowest BCUT2D eigenvalue weighted by Crippen LogP contribution is -2.59. The number of fused-ring (bicyclic) bond motifs is 3. The molecule has 35 nitrogen and oxygen atoms in total. The molecule has 13 rings (SSSR count). The monoisotopic (exact) mass is 1710 g/mol. The smallest absolute Gasteiger partial charge is 0.526 e. The number of ether oxygens (including phenoxy) is 1. The molecule has 119 heavy (non-hydrogen) atoms. The van der Waals surface area contributed by atoms with Gasteiger partial charge in [0.15, 0.2) is 27.6 Å². The van der Waals surface area contributed by atoms with Gasteiger partial charge in [0.2, 0.25) is 0 Å². The molecule has 4 aromatic carbocycles. The molecule has 12 amide bonds. The van der Waals surface area contributed by atoms with Crippen molar-refractivity contribution in [1.29, 1.82) is 0 Å². The summed E-state index contributed by atoms with van der Waals surface area (Å²) in [5.41, 5.74) is 23.3. The summed E-state index contributed by atoms with van der Waals surface area (Å²) in [5, 5.41) is 43.2. The van der Waals surface area contributed by atoms with Crippen molar-refractivity contribution < 1.29 is 100 Å². The number of benzene rings is 4. The molecule has 0 spiro atoms. The maximum absolute atomic E-state index is 13.8. The number of Topliss-reactive ketones (excluding diaryl/α,β-unsaturated/α-hetero) is 3. The number of aromatic nitrogens is 3. The van der Waals surface area contributed by atoms with Crippen LogP contribution in [0.4, 0.5) is 29.0 Å². The number of thiazole rings is 3. The molecule has 0 aliphatic carbocycles. The second-order valence-electron chi connectivity index (χ2n) is 28.8. The molecule has 43 heteroatoms. The second kappa shape index (κ2) is 40.0. The average Bonchev–Trinajstić information content (AvgIpc) is 1.64. The zero-order valence-corrected chi connectivity index (χ0v) is 68.3. The number of alkyl halides is 1. The molecule has 7 aromatic rings. The number of urea groups is 3. The van der Waals surface area contributed by atoms with Crippen LogP contribution in [0.25, 0.3) is 0 Å². The number of amides is 12. The standard InChI is InChI=1S/C32H35BN4O8S.C22H24BClFN5O6S.C22H27BN6O6S/c1-3-12-36-13-14-37(31(41)30(36)40)32(42)35-28(25(38)16-23-15-22-11-7-8-20(2)29(22)45-33(23)43)24-19-46-26(34-24)17-27(39)44-18-21-9-5-4-6-10-21;1-11-3-2-4-12-9-13(23(35)36-17(11)12)10-14(31)15(16-18(24)37-21(26)27-16)28-22(34)30-8-7-29(6-5-25)19(32)20(30)33;1-12-3-2-4-13-9-14(23(34)35-18(12)13)10-16(30)17(15-11-36-21(25)26-15)27-22(33)29-8-7-28(6-5-24)19(31)20(29)32/h4-11,19,23,28,43H,3,12-18H2,1-2H3,(H,35,42);2-4,13,15,35H,5-10H2,1H3,(H2,26,27)(H,28,34);2-4,11,14,17,34H,5-10,24H2,1H3,(H2,25,26)(H,27,33)/t23-,28?;13-,15?;14-,17?/m111/s1. The number of ketones is 3. The Morgan fingerprint density at radius 1 is 0.546 bits per heavy atom. The van der Waals surface area contributed by atoms with Gasteiger partial charge in [-0.15, -0.1) is 22.7 Å². The molecule has 0 saturated carbocycles. The molecule has 3 fully saturated rings. The van der Waals surface area contributed by atoms with Crippen molar-refractivity contribution in [1.82, 2.24) is 60.3 Å². The fourth-order valence-electron chi connectivity index (χ4n) is 14.3. The van der Waals surface area contributed by atoms with Gasteiger partial charge in [0, 0.05) is 113 Å². The summed E-state index contributed by atoms with van der Waals surface area (Å²) in [4.78, 5) is 186. The number of hydrogen-bond acceptors (Lipinski definition) is 29.